The van der Waals surface area contributed by atoms with Gasteiger partial charge in [0.25, 0.3) is 0 Å². The van der Waals surface area contributed by atoms with Crippen LogP contribution in [0.1, 0.15) is 45.1 Å². The third-order valence-corrected chi connectivity index (χ3v) is 5.23. The van der Waals surface area contributed by atoms with Crippen LogP contribution in [0.2, 0.25) is 0 Å². The molecule has 20 heavy (non-hydrogen) atoms. The van der Waals surface area contributed by atoms with E-state index in [1.807, 2.05) is 17.9 Å². The number of hydrogen-bond acceptors (Lipinski definition) is 3. The SMILES string of the molecule is Cn1cc(CCN2CC3(CCCC3)NCC2(C)C)cn1. The predicted molar refractivity (Wildman–Crippen MR) is 81.8 cm³/mol. The molecule has 0 unspecified atom stereocenters. The molecule has 1 spiro atoms. The Morgan fingerprint density at radius 2 is 2.05 bits per heavy atom. The standard InChI is InChI=1S/C16H28N4/c1-15(2)12-17-16(7-4-5-8-16)13-20(15)9-6-14-10-18-19(3)11-14/h10-11,17H,4-9,12-13H2,1-3H3. The second-order valence-corrected chi connectivity index (χ2v) is 7.35. The molecule has 0 aromatic carbocycles. The lowest BCUT2D eigenvalue weighted by molar-refractivity contribution is 0.0293. The fourth-order valence-electron chi connectivity index (χ4n) is 3.78. The van der Waals surface area contributed by atoms with E-state index in [0.717, 1.165) is 19.5 Å². The van der Waals surface area contributed by atoms with E-state index < -0.39 is 0 Å². The van der Waals surface area contributed by atoms with E-state index in [0.29, 0.717) is 5.54 Å². The molecule has 1 aromatic heterocycles. The minimum atomic E-state index is 0.260. The Labute approximate surface area is 122 Å². The molecule has 1 saturated heterocycles. The van der Waals surface area contributed by atoms with Crippen molar-refractivity contribution >= 4 is 0 Å². The van der Waals surface area contributed by atoms with Crippen LogP contribution in [0.4, 0.5) is 0 Å². The van der Waals surface area contributed by atoms with Crippen LogP contribution >= 0.6 is 0 Å². The van der Waals surface area contributed by atoms with Crippen LogP contribution in [0.25, 0.3) is 0 Å². The molecular formula is C16H28N4. The Balaban J connectivity index is 1.65. The smallest absolute Gasteiger partial charge is 0.0522 e. The van der Waals surface area contributed by atoms with Gasteiger partial charge in [0, 0.05) is 44.0 Å². The maximum absolute atomic E-state index is 4.27. The molecule has 0 atom stereocenters. The quantitative estimate of drug-likeness (QED) is 0.916. The Bertz CT molecular complexity index is 457. The van der Waals surface area contributed by atoms with Crippen LogP contribution in [0, 0.1) is 0 Å². The van der Waals surface area contributed by atoms with Crippen LogP contribution in [-0.4, -0.2) is 45.4 Å². The Morgan fingerprint density at radius 3 is 2.70 bits per heavy atom. The predicted octanol–water partition coefficient (Wildman–Crippen LogP) is 1.96. The molecule has 1 saturated carbocycles. The molecule has 1 N–H and O–H groups in total. The molecule has 0 radical (unpaired) electrons. The number of nitrogens with zero attached hydrogens (tertiary/aromatic N) is 3. The Kier molecular flexibility index (Phi) is 3.63. The highest BCUT2D eigenvalue weighted by Gasteiger charge is 2.43. The summed E-state index contributed by atoms with van der Waals surface area (Å²) in [7, 11) is 1.99. The maximum atomic E-state index is 4.27. The monoisotopic (exact) mass is 276 g/mol. The molecule has 4 heteroatoms. The van der Waals surface area contributed by atoms with Gasteiger partial charge in [-0.15, -0.1) is 0 Å². The van der Waals surface area contributed by atoms with Crippen molar-refractivity contribution in [1.82, 2.24) is 20.0 Å². The first kappa shape index (κ1) is 14.1. The fourth-order valence-corrected chi connectivity index (χ4v) is 3.78. The molecule has 112 valence electrons. The largest absolute Gasteiger partial charge is 0.308 e. The fraction of sp³-hybridized carbons (Fsp3) is 0.812. The molecule has 0 bridgehead atoms. The summed E-state index contributed by atoms with van der Waals surface area (Å²) < 4.78 is 1.90. The van der Waals surface area contributed by atoms with Gasteiger partial charge in [-0.25, -0.2) is 0 Å². The molecule has 2 heterocycles. The minimum Gasteiger partial charge on any atom is -0.308 e. The van der Waals surface area contributed by atoms with E-state index in [4.69, 9.17) is 0 Å². The molecule has 1 aliphatic heterocycles. The summed E-state index contributed by atoms with van der Waals surface area (Å²) in [5.41, 5.74) is 2.02. The lowest BCUT2D eigenvalue weighted by Gasteiger charge is -2.51. The van der Waals surface area contributed by atoms with Gasteiger partial charge in [-0.2, -0.15) is 5.10 Å². The Morgan fingerprint density at radius 1 is 1.30 bits per heavy atom. The van der Waals surface area contributed by atoms with Gasteiger partial charge in [-0.05, 0) is 38.7 Å². The molecule has 1 aliphatic carbocycles. The lowest BCUT2D eigenvalue weighted by Crippen LogP contribution is -2.67. The molecule has 2 fully saturated rings. The van der Waals surface area contributed by atoms with E-state index in [9.17, 15) is 0 Å². The molecule has 1 aromatic rings. The highest BCUT2D eigenvalue weighted by Crippen LogP contribution is 2.35. The number of nitrogens with one attached hydrogen (secondary N) is 1. The summed E-state index contributed by atoms with van der Waals surface area (Å²) in [4.78, 5) is 2.70. The summed E-state index contributed by atoms with van der Waals surface area (Å²) in [6.45, 7) is 8.19. The van der Waals surface area contributed by atoms with E-state index in [2.05, 4.69) is 35.4 Å². The van der Waals surface area contributed by atoms with Gasteiger partial charge < -0.3 is 5.32 Å². The van der Waals surface area contributed by atoms with Crippen molar-refractivity contribution in [2.75, 3.05) is 19.6 Å². The zero-order valence-corrected chi connectivity index (χ0v) is 13.2. The second kappa shape index (κ2) is 5.15. The van der Waals surface area contributed by atoms with Crippen LogP contribution < -0.4 is 5.32 Å². The summed E-state index contributed by atoms with van der Waals surface area (Å²) in [6, 6.07) is 0. The minimum absolute atomic E-state index is 0.260. The number of rotatable bonds is 3. The topological polar surface area (TPSA) is 33.1 Å². The van der Waals surface area contributed by atoms with Gasteiger partial charge in [-0.3, -0.25) is 9.58 Å². The van der Waals surface area contributed by atoms with Crippen LogP contribution in [-0.2, 0) is 13.5 Å². The highest BCUT2D eigenvalue weighted by atomic mass is 15.3. The molecule has 0 amide bonds. The van der Waals surface area contributed by atoms with Crippen molar-refractivity contribution in [3.63, 3.8) is 0 Å². The van der Waals surface area contributed by atoms with Crippen LogP contribution in [0.15, 0.2) is 12.4 Å². The van der Waals surface area contributed by atoms with E-state index in [-0.39, 0.29) is 5.54 Å². The van der Waals surface area contributed by atoms with Crippen molar-refractivity contribution < 1.29 is 0 Å². The van der Waals surface area contributed by atoms with E-state index in [1.165, 1.54) is 37.8 Å². The lowest BCUT2D eigenvalue weighted by atomic mass is 9.87. The van der Waals surface area contributed by atoms with Crippen LogP contribution in [0.3, 0.4) is 0 Å². The average molecular weight is 276 g/mol. The van der Waals surface area contributed by atoms with Gasteiger partial charge in [-0.1, -0.05) is 12.8 Å². The first-order chi connectivity index (χ1) is 9.49. The van der Waals surface area contributed by atoms with E-state index >= 15 is 0 Å². The maximum Gasteiger partial charge on any atom is 0.0522 e. The summed E-state index contributed by atoms with van der Waals surface area (Å²) in [5, 5.41) is 8.13. The van der Waals surface area contributed by atoms with Crippen molar-refractivity contribution in [2.45, 2.75) is 57.0 Å². The molecule has 3 rings (SSSR count). The second-order valence-electron chi connectivity index (χ2n) is 7.35. The third-order valence-electron chi connectivity index (χ3n) is 5.23. The van der Waals surface area contributed by atoms with Crippen molar-refractivity contribution in [3.8, 4) is 0 Å². The number of aromatic nitrogens is 2. The molecule has 4 nitrogen and oxygen atoms in total. The van der Waals surface area contributed by atoms with Gasteiger partial charge in [0.15, 0.2) is 0 Å². The first-order valence-electron chi connectivity index (χ1n) is 7.97. The van der Waals surface area contributed by atoms with Gasteiger partial charge in [0.05, 0.1) is 6.20 Å². The third kappa shape index (κ3) is 2.77. The number of piperazine rings is 1. The van der Waals surface area contributed by atoms with Crippen LogP contribution in [0.5, 0.6) is 0 Å². The first-order valence-corrected chi connectivity index (χ1v) is 7.97. The zero-order chi connectivity index (χ0) is 14.2. The molecule has 2 aliphatic rings. The summed E-state index contributed by atoms with van der Waals surface area (Å²) in [6.07, 6.45) is 10.7. The number of hydrogen-bond donors (Lipinski definition) is 1. The van der Waals surface area contributed by atoms with E-state index in [1.54, 1.807) is 0 Å². The normalized spacial score (nSPS) is 25.4. The Hall–Kier alpha value is -0.870. The average Bonchev–Trinajstić information content (AvgIpc) is 3.01. The van der Waals surface area contributed by atoms with Gasteiger partial charge in [0.1, 0.15) is 0 Å². The number of aryl methyl sites for hydroxylation is 1. The van der Waals surface area contributed by atoms with Crippen molar-refractivity contribution in [3.05, 3.63) is 18.0 Å². The summed E-state index contributed by atoms with van der Waals surface area (Å²) in [5.74, 6) is 0. The highest BCUT2D eigenvalue weighted by molar-refractivity contribution is 5.07. The zero-order valence-electron chi connectivity index (χ0n) is 13.2. The van der Waals surface area contributed by atoms with Crippen molar-refractivity contribution in [1.29, 1.82) is 0 Å². The van der Waals surface area contributed by atoms with Gasteiger partial charge >= 0.3 is 0 Å². The summed E-state index contributed by atoms with van der Waals surface area (Å²) >= 11 is 0. The van der Waals surface area contributed by atoms with Crippen molar-refractivity contribution in [2.24, 2.45) is 7.05 Å². The van der Waals surface area contributed by atoms with Gasteiger partial charge in [0.2, 0.25) is 0 Å². The molecular weight excluding hydrogens is 248 g/mol.